The first kappa shape index (κ1) is 15.0. The number of hydrogen-bond acceptors (Lipinski definition) is 2. The van der Waals surface area contributed by atoms with Gasteiger partial charge >= 0.3 is 0 Å². The van der Waals surface area contributed by atoms with Crippen LogP contribution in [0.4, 0.5) is 5.69 Å². The molecule has 0 aromatic heterocycles. The van der Waals surface area contributed by atoms with Gasteiger partial charge in [0.1, 0.15) is 0 Å². The van der Waals surface area contributed by atoms with Crippen molar-refractivity contribution in [1.82, 2.24) is 5.32 Å². The molecule has 0 bridgehead atoms. The van der Waals surface area contributed by atoms with E-state index in [4.69, 9.17) is 0 Å². The van der Waals surface area contributed by atoms with Crippen molar-refractivity contribution >= 4 is 11.6 Å². The lowest BCUT2D eigenvalue weighted by molar-refractivity contribution is -0.118. The van der Waals surface area contributed by atoms with Crippen LogP contribution in [0, 0.1) is 0 Å². The van der Waals surface area contributed by atoms with Crippen LogP contribution in [0.15, 0.2) is 24.3 Å². The number of nitrogens with one attached hydrogen (secondary N) is 2. The highest BCUT2D eigenvalue weighted by atomic mass is 16.2. The third-order valence-electron chi connectivity index (χ3n) is 3.92. The molecule has 0 aliphatic carbocycles. The predicted octanol–water partition coefficient (Wildman–Crippen LogP) is 3.50. The van der Waals surface area contributed by atoms with Crippen molar-refractivity contribution in [3.05, 3.63) is 29.8 Å². The second-order valence-corrected chi connectivity index (χ2v) is 5.65. The quantitative estimate of drug-likeness (QED) is 0.780. The summed E-state index contributed by atoms with van der Waals surface area (Å²) < 4.78 is 0. The summed E-state index contributed by atoms with van der Waals surface area (Å²) in [6, 6.07) is 8.26. The van der Waals surface area contributed by atoms with Crippen LogP contribution in [0.25, 0.3) is 0 Å². The third kappa shape index (κ3) is 4.64. The van der Waals surface area contributed by atoms with Crippen molar-refractivity contribution in [3.63, 3.8) is 0 Å². The molecule has 2 N–H and O–H groups in total. The number of piperidine rings is 1. The van der Waals surface area contributed by atoms with E-state index < -0.39 is 0 Å². The van der Waals surface area contributed by atoms with Gasteiger partial charge in [-0.3, -0.25) is 4.79 Å². The average Bonchev–Trinajstić information content (AvgIpc) is 2.50. The maximum atomic E-state index is 12.1. The summed E-state index contributed by atoms with van der Waals surface area (Å²) in [4.78, 5) is 12.1. The third-order valence-corrected chi connectivity index (χ3v) is 3.92. The molecule has 110 valence electrons. The van der Waals surface area contributed by atoms with E-state index in [1.54, 1.807) is 0 Å². The maximum absolute atomic E-state index is 12.1. The van der Waals surface area contributed by atoms with Gasteiger partial charge in [0.25, 0.3) is 0 Å². The fraction of sp³-hybridized carbons (Fsp3) is 0.588. The fourth-order valence-corrected chi connectivity index (χ4v) is 2.64. The molecular weight excluding hydrogens is 248 g/mol. The molecular formula is C17H26N2O. The molecule has 1 aliphatic rings. The van der Waals surface area contributed by atoms with Crippen LogP contribution in [0.1, 0.15) is 51.0 Å². The summed E-state index contributed by atoms with van der Waals surface area (Å²) in [6.07, 6.45) is 8.17. The minimum Gasteiger partial charge on any atom is -0.325 e. The molecule has 1 aliphatic heterocycles. The van der Waals surface area contributed by atoms with Crippen molar-refractivity contribution in [1.29, 1.82) is 0 Å². The molecule has 1 heterocycles. The van der Waals surface area contributed by atoms with E-state index in [1.807, 2.05) is 12.1 Å². The molecule has 0 unspecified atom stereocenters. The minimum atomic E-state index is -0.0204. The van der Waals surface area contributed by atoms with E-state index in [1.165, 1.54) is 31.2 Å². The second kappa shape index (κ2) is 8.05. The van der Waals surface area contributed by atoms with Crippen molar-refractivity contribution < 1.29 is 4.79 Å². The molecule has 1 saturated heterocycles. The van der Waals surface area contributed by atoms with Crippen LogP contribution in [0.5, 0.6) is 0 Å². The van der Waals surface area contributed by atoms with Crippen molar-refractivity contribution in [2.24, 2.45) is 0 Å². The summed E-state index contributed by atoms with van der Waals surface area (Å²) in [5, 5.41) is 6.28. The summed E-state index contributed by atoms with van der Waals surface area (Å²) in [6.45, 7) is 3.17. The Hall–Kier alpha value is -1.35. The van der Waals surface area contributed by atoms with E-state index in [9.17, 15) is 4.79 Å². The Bertz CT molecular complexity index is 408. The van der Waals surface area contributed by atoms with Crippen molar-refractivity contribution in [2.45, 2.75) is 57.9 Å². The van der Waals surface area contributed by atoms with Gasteiger partial charge in [-0.2, -0.15) is 0 Å². The van der Waals surface area contributed by atoms with E-state index in [-0.39, 0.29) is 11.9 Å². The highest BCUT2D eigenvalue weighted by Crippen LogP contribution is 2.14. The largest absolute Gasteiger partial charge is 0.325 e. The molecule has 1 atom stereocenters. The van der Waals surface area contributed by atoms with E-state index in [0.717, 1.165) is 31.5 Å². The summed E-state index contributed by atoms with van der Waals surface area (Å²) in [5.74, 6) is 0.100. The van der Waals surface area contributed by atoms with Crippen LogP contribution in [-0.4, -0.2) is 18.5 Å². The van der Waals surface area contributed by atoms with Gasteiger partial charge in [0.05, 0.1) is 6.04 Å². The molecule has 0 saturated carbocycles. The highest BCUT2D eigenvalue weighted by Gasteiger charge is 2.20. The predicted molar refractivity (Wildman–Crippen MR) is 83.9 cm³/mol. The average molecular weight is 274 g/mol. The van der Waals surface area contributed by atoms with Crippen LogP contribution in [-0.2, 0) is 11.2 Å². The zero-order chi connectivity index (χ0) is 14.2. The number of anilines is 1. The van der Waals surface area contributed by atoms with Gasteiger partial charge in [0.2, 0.25) is 5.91 Å². The number of aryl methyl sites for hydroxylation is 1. The van der Waals surface area contributed by atoms with Gasteiger partial charge in [0, 0.05) is 5.69 Å². The normalized spacial score (nSPS) is 18.8. The highest BCUT2D eigenvalue weighted by molar-refractivity contribution is 5.94. The van der Waals surface area contributed by atoms with Gasteiger partial charge in [-0.15, -0.1) is 0 Å². The van der Waals surface area contributed by atoms with Gasteiger partial charge in [0.15, 0.2) is 0 Å². The molecule has 3 heteroatoms. The van der Waals surface area contributed by atoms with Crippen LogP contribution >= 0.6 is 0 Å². The van der Waals surface area contributed by atoms with Gasteiger partial charge < -0.3 is 10.6 Å². The Labute approximate surface area is 122 Å². The molecule has 2 rings (SSSR count). The lowest BCUT2D eigenvalue weighted by Gasteiger charge is -2.22. The van der Waals surface area contributed by atoms with Crippen LogP contribution < -0.4 is 10.6 Å². The van der Waals surface area contributed by atoms with Crippen molar-refractivity contribution in [3.8, 4) is 0 Å². The number of unbranched alkanes of at least 4 members (excludes halogenated alkanes) is 2. The SMILES string of the molecule is CCCCCc1ccc(NC(=O)[C@@H]2CCCCN2)cc1. The molecule has 1 aromatic rings. The first-order valence-corrected chi connectivity index (χ1v) is 7.93. The fourth-order valence-electron chi connectivity index (χ4n) is 2.64. The van der Waals surface area contributed by atoms with E-state index >= 15 is 0 Å². The number of amides is 1. The topological polar surface area (TPSA) is 41.1 Å². The Morgan fingerprint density at radius 3 is 2.70 bits per heavy atom. The number of benzene rings is 1. The molecule has 3 nitrogen and oxygen atoms in total. The Morgan fingerprint density at radius 2 is 2.05 bits per heavy atom. The number of hydrogen-bond donors (Lipinski definition) is 2. The molecule has 0 radical (unpaired) electrons. The van der Waals surface area contributed by atoms with E-state index in [0.29, 0.717) is 0 Å². The van der Waals surface area contributed by atoms with Gasteiger partial charge in [-0.1, -0.05) is 38.3 Å². The Balaban J connectivity index is 1.81. The summed E-state index contributed by atoms with van der Waals surface area (Å²) in [5.41, 5.74) is 2.26. The molecule has 1 fully saturated rings. The first-order chi connectivity index (χ1) is 9.79. The van der Waals surface area contributed by atoms with Crippen molar-refractivity contribution in [2.75, 3.05) is 11.9 Å². The van der Waals surface area contributed by atoms with E-state index in [2.05, 4.69) is 29.7 Å². The lowest BCUT2D eigenvalue weighted by atomic mass is 10.0. The molecule has 1 aromatic carbocycles. The standard InChI is InChI=1S/C17H26N2O/c1-2-3-4-7-14-9-11-15(12-10-14)19-17(20)16-8-5-6-13-18-16/h9-12,16,18H,2-8,13H2,1H3,(H,19,20)/t16-/m0/s1. The Morgan fingerprint density at radius 1 is 1.25 bits per heavy atom. The first-order valence-electron chi connectivity index (χ1n) is 7.93. The van der Waals surface area contributed by atoms with Crippen LogP contribution in [0.3, 0.4) is 0 Å². The molecule has 1 amide bonds. The second-order valence-electron chi connectivity index (χ2n) is 5.65. The number of carbonyl (C=O) groups is 1. The zero-order valence-electron chi connectivity index (χ0n) is 12.5. The Kier molecular flexibility index (Phi) is 6.06. The zero-order valence-corrected chi connectivity index (χ0v) is 12.5. The lowest BCUT2D eigenvalue weighted by Crippen LogP contribution is -2.43. The number of carbonyl (C=O) groups excluding carboxylic acids is 1. The van der Waals surface area contributed by atoms with Gasteiger partial charge in [-0.25, -0.2) is 0 Å². The monoisotopic (exact) mass is 274 g/mol. The minimum absolute atomic E-state index is 0.0204. The number of rotatable bonds is 6. The molecule has 0 spiro atoms. The smallest absolute Gasteiger partial charge is 0.241 e. The van der Waals surface area contributed by atoms with Gasteiger partial charge in [-0.05, 0) is 49.9 Å². The summed E-state index contributed by atoms with van der Waals surface area (Å²) in [7, 11) is 0. The van der Waals surface area contributed by atoms with Crippen LogP contribution in [0.2, 0.25) is 0 Å². The summed E-state index contributed by atoms with van der Waals surface area (Å²) >= 11 is 0. The molecule has 20 heavy (non-hydrogen) atoms. The maximum Gasteiger partial charge on any atom is 0.241 e.